The molecule has 1 saturated heterocycles. The average Bonchev–Trinajstić information content (AvgIpc) is 2.64. The van der Waals surface area contributed by atoms with Gasteiger partial charge >= 0.3 is 6.03 Å². The van der Waals surface area contributed by atoms with E-state index in [1.165, 1.54) is 6.42 Å². The van der Waals surface area contributed by atoms with E-state index in [9.17, 15) is 9.90 Å². The Kier molecular flexibility index (Phi) is 5.01. The Morgan fingerprint density at radius 1 is 1.40 bits per heavy atom. The fourth-order valence-corrected chi connectivity index (χ4v) is 2.54. The van der Waals surface area contributed by atoms with E-state index < -0.39 is 6.10 Å². The molecule has 0 bridgehead atoms. The second kappa shape index (κ2) is 6.75. The maximum absolute atomic E-state index is 12.3. The minimum absolute atomic E-state index is 0.0400. The number of rotatable bonds is 2. The predicted molar refractivity (Wildman–Crippen MR) is 80.7 cm³/mol. The van der Waals surface area contributed by atoms with Crippen LogP contribution in [0.15, 0.2) is 24.3 Å². The summed E-state index contributed by atoms with van der Waals surface area (Å²) in [7, 11) is 0. The topological polar surface area (TPSA) is 52.6 Å². The fraction of sp³-hybridized carbons (Fsp3) is 0.562. The van der Waals surface area contributed by atoms with Crippen molar-refractivity contribution in [2.75, 3.05) is 18.4 Å². The van der Waals surface area contributed by atoms with Crippen LogP contribution < -0.4 is 5.32 Å². The Morgan fingerprint density at radius 2 is 2.20 bits per heavy atom. The van der Waals surface area contributed by atoms with Crippen molar-refractivity contribution < 1.29 is 9.90 Å². The van der Waals surface area contributed by atoms with Gasteiger partial charge in [0, 0.05) is 18.8 Å². The predicted octanol–water partition coefficient (Wildman–Crippen LogP) is 3.39. The minimum Gasteiger partial charge on any atom is -0.389 e. The van der Waals surface area contributed by atoms with Crippen LogP contribution in [-0.4, -0.2) is 29.1 Å². The first-order valence-corrected chi connectivity index (χ1v) is 7.40. The number of urea groups is 1. The van der Waals surface area contributed by atoms with E-state index in [1.54, 1.807) is 6.92 Å². The first kappa shape index (κ1) is 14.9. The molecule has 2 rings (SSSR count). The third-order valence-corrected chi connectivity index (χ3v) is 3.92. The first-order valence-electron chi connectivity index (χ1n) is 7.40. The number of carbonyl (C=O) groups excluding carboxylic acids is 1. The molecule has 0 saturated carbocycles. The molecule has 0 aliphatic carbocycles. The van der Waals surface area contributed by atoms with Gasteiger partial charge in [-0.2, -0.15) is 0 Å². The first-order chi connectivity index (χ1) is 9.56. The van der Waals surface area contributed by atoms with Gasteiger partial charge in [0.1, 0.15) is 0 Å². The number of hydrogen-bond acceptors (Lipinski definition) is 2. The number of nitrogens with one attached hydrogen (secondary N) is 1. The highest BCUT2D eigenvalue weighted by molar-refractivity contribution is 5.89. The van der Waals surface area contributed by atoms with Crippen molar-refractivity contribution >= 4 is 11.7 Å². The van der Waals surface area contributed by atoms with Gasteiger partial charge in [-0.1, -0.05) is 19.1 Å². The zero-order valence-electron chi connectivity index (χ0n) is 12.3. The van der Waals surface area contributed by atoms with E-state index in [0.717, 1.165) is 37.2 Å². The van der Waals surface area contributed by atoms with Crippen LogP contribution in [0, 0.1) is 5.92 Å². The van der Waals surface area contributed by atoms with Crippen LogP contribution in [0.1, 0.15) is 44.8 Å². The molecule has 110 valence electrons. The third-order valence-electron chi connectivity index (χ3n) is 3.92. The lowest BCUT2D eigenvalue weighted by molar-refractivity contribution is 0.199. The zero-order valence-corrected chi connectivity index (χ0v) is 12.3. The summed E-state index contributed by atoms with van der Waals surface area (Å²) in [4.78, 5) is 14.1. The number of benzene rings is 1. The molecular weight excluding hydrogens is 252 g/mol. The lowest BCUT2D eigenvalue weighted by atomic mass is 10.0. The highest BCUT2D eigenvalue weighted by Gasteiger charge is 2.18. The highest BCUT2D eigenvalue weighted by atomic mass is 16.3. The summed E-state index contributed by atoms with van der Waals surface area (Å²) >= 11 is 0. The van der Waals surface area contributed by atoms with E-state index in [4.69, 9.17) is 0 Å². The van der Waals surface area contributed by atoms with Crippen LogP contribution in [0.3, 0.4) is 0 Å². The van der Waals surface area contributed by atoms with Gasteiger partial charge in [-0.15, -0.1) is 0 Å². The van der Waals surface area contributed by atoms with Gasteiger partial charge in [0.15, 0.2) is 0 Å². The Balaban J connectivity index is 1.98. The normalized spacial score (nSPS) is 21.1. The van der Waals surface area contributed by atoms with Crippen molar-refractivity contribution in [3.63, 3.8) is 0 Å². The molecule has 1 aromatic rings. The molecule has 4 nitrogen and oxygen atoms in total. The number of hydrogen-bond donors (Lipinski definition) is 2. The lowest BCUT2D eigenvalue weighted by Gasteiger charge is -2.21. The summed E-state index contributed by atoms with van der Waals surface area (Å²) in [6, 6.07) is 7.34. The van der Waals surface area contributed by atoms with Crippen LogP contribution in [0.5, 0.6) is 0 Å². The fourth-order valence-electron chi connectivity index (χ4n) is 2.54. The molecule has 0 radical (unpaired) electrons. The van der Waals surface area contributed by atoms with Crippen LogP contribution in [0.4, 0.5) is 10.5 Å². The number of aliphatic hydroxyl groups excluding tert-OH is 1. The summed E-state index contributed by atoms with van der Waals surface area (Å²) in [6.45, 7) is 5.61. The van der Waals surface area contributed by atoms with Gasteiger partial charge < -0.3 is 15.3 Å². The van der Waals surface area contributed by atoms with E-state index >= 15 is 0 Å². The Labute approximate surface area is 120 Å². The van der Waals surface area contributed by atoms with Crippen LogP contribution in [0.25, 0.3) is 0 Å². The number of aliphatic hydroxyl groups is 1. The molecule has 0 spiro atoms. The van der Waals surface area contributed by atoms with Crippen molar-refractivity contribution in [2.24, 2.45) is 5.92 Å². The van der Waals surface area contributed by atoms with Crippen molar-refractivity contribution in [2.45, 2.75) is 39.2 Å². The largest absolute Gasteiger partial charge is 0.389 e. The summed E-state index contributed by atoms with van der Waals surface area (Å²) in [6.07, 6.45) is 2.82. The second-order valence-electron chi connectivity index (χ2n) is 5.75. The van der Waals surface area contributed by atoms with Gasteiger partial charge in [-0.3, -0.25) is 0 Å². The van der Waals surface area contributed by atoms with Crippen molar-refractivity contribution in [1.82, 2.24) is 4.90 Å². The monoisotopic (exact) mass is 276 g/mol. The number of anilines is 1. The van der Waals surface area contributed by atoms with Gasteiger partial charge in [0.2, 0.25) is 0 Å². The Bertz CT molecular complexity index is 460. The molecule has 1 heterocycles. The zero-order chi connectivity index (χ0) is 14.5. The van der Waals surface area contributed by atoms with E-state index in [-0.39, 0.29) is 6.03 Å². The number of carbonyl (C=O) groups is 1. The van der Waals surface area contributed by atoms with Gasteiger partial charge in [-0.25, -0.2) is 4.79 Å². The quantitative estimate of drug-likeness (QED) is 0.870. The van der Waals surface area contributed by atoms with Crippen LogP contribution in [-0.2, 0) is 0 Å². The molecule has 2 N–H and O–H groups in total. The molecule has 1 aromatic carbocycles. The number of likely N-dealkylation sites (tertiary alicyclic amines) is 1. The molecule has 1 aliphatic heterocycles. The average molecular weight is 276 g/mol. The van der Waals surface area contributed by atoms with Crippen molar-refractivity contribution in [3.8, 4) is 0 Å². The van der Waals surface area contributed by atoms with E-state index in [2.05, 4.69) is 12.2 Å². The second-order valence-corrected chi connectivity index (χ2v) is 5.75. The maximum atomic E-state index is 12.3. The smallest absolute Gasteiger partial charge is 0.321 e. The maximum Gasteiger partial charge on any atom is 0.321 e. The summed E-state index contributed by atoms with van der Waals surface area (Å²) in [5.74, 6) is 0.700. The van der Waals surface area contributed by atoms with Gasteiger partial charge in [0.05, 0.1) is 6.10 Å². The standard InChI is InChI=1S/C16H24N2O2/c1-12-5-4-9-18(10-8-12)16(20)17-15-7-3-6-14(11-15)13(2)19/h3,6-7,11-13,19H,4-5,8-10H2,1-2H3,(H,17,20). The molecule has 20 heavy (non-hydrogen) atoms. The molecule has 2 atom stereocenters. The molecule has 2 unspecified atom stereocenters. The SMILES string of the molecule is CC1CCCN(C(=O)Nc2cccc(C(C)O)c2)CC1. The van der Waals surface area contributed by atoms with Gasteiger partial charge in [-0.05, 0) is 49.8 Å². The Hall–Kier alpha value is -1.55. The highest BCUT2D eigenvalue weighted by Crippen LogP contribution is 2.19. The van der Waals surface area contributed by atoms with E-state index in [1.807, 2.05) is 29.2 Å². The minimum atomic E-state index is -0.522. The lowest BCUT2D eigenvalue weighted by Crippen LogP contribution is -2.35. The molecule has 4 heteroatoms. The third kappa shape index (κ3) is 3.97. The van der Waals surface area contributed by atoms with Crippen LogP contribution in [0.2, 0.25) is 0 Å². The van der Waals surface area contributed by atoms with Crippen molar-refractivity contribution in [1.29, 1.82) is 0 Å². The summed E-state index contributed by atoms with van der Waals surface area (Å²) < 4.78 is 0. The van der Waals surface area contributed by atoms with E-state index in [0.29, 0.717) is 5.92 Å². The summed E-state index contributed by atoms with van der Waals surface area (Å²) in [5.41, 5.74) is 1.55. The molecule has 1 fully saturated rings. The Morgan fingerprint density at radius 3 is 2.95 bits per heavy atom. The van der Waals surface area contributed by atoms with Crippen molar-refractivity contribution in [3.05, 3.63) is 29.8 Å². The van der Waals surface area contributed by atoms with Gasteiger partial charge in [0.25, 0.3) is 0 Å². The summed E-state index contributed by atoms with van der Waals surface area (Å²) in [5, 5.41) is 12.5. The molecular formula is C16H24N2O2. The molecule has 0 aromatic heterocycles. The molecule has 2 amide bonds. The molecule has 1 aliphatic rings. The number of amides is 2. The number of nitrogens with zero attached hydrogens (tertiary/aromatic N) is 1. The van der Waals surface area contributed by atoms with Crippen LogP contribution >= 0.6 is 0 Å².